The zero-order chi connectivity index (χ0) is 24.4. The number of carbonyl (C=O) groups is 3. The van der Waals surface area contributed by atoms with Crippen LogP contribution in [0.15, 0.2) is 54.6 Å². The average molecular weight is 466 g/mol. The third-order valence-corrected chi connectivity index (χ3v) is 5.76. The first kappa shape index (κ1) is 27.1. The lowest BCUT2D eigenvalue weighted by atomic mass is 10.1. The van der Waals surface area contributed by atoms with Crippen LogP contribution in [-0.2, 0) is 4.79 Å². The van der Waals surface area contributed by atoms with Crippen molar-refractivity contribution in [1.82, 2.24) is 10.9 Å². The molecule has 0 aliphatic heterocycles. The minimum absolute atomic E-state index is 0.184. The van der Waals surface area contributed by atoms with Gasteiger partial charge in [-0.25, -0.2) is 0 Å². The maximum atomic E-state index is 12.3. The summed E-state index contributed by atoms with van der Waals surface area (Å²) in [5, 5.41) is 2.79. The number of benzene rings is 2. The summed E-state index contributed by atoms with van der Waals surface area (Å²) in [5.41, 5.74) is 6.47. The molecule has 0 unspecified atom stereocenters. The molecule has 0 aliphatic rings. The summed E-state index contributed by atoms with van der Waals surface area (Å²) in [6, 6.07) is 15.4. The van der Waals surface area contributed by atoms with Gasteiger partial charge in [-0.15, -0.1) is 0 Å². The van der Waals surface area contributed by atoms with Gasteiger partial charge in [-0.3, -0.25) is 25.2 Å². The van der Waals surface area contributed by atoms with Crippen LogP contribution in [0, 0.1) is 0 Å². The van der Waals surface area contributed by atoms with Crippen LogP contribution in [0.3, 0.4) is 0 Å². The van der Waals surface area contributed by atoms with Crippen LogP contribution in [0.25, 0.3) is 0 Å². The summed E-state index contributed by atoms with van der Waals surface area (Å²) >= 11 is 0. The zero-order valence-electron chi connectivity index (χ0n) is 20.4. The van der Waals surface area contributed by atoms with E-state index in [0.717, 1.165) is 19.3 Å². The Morgan fingerprint density at radius 3 is 1.71 bits per heavy atom. The molecule has 0 fully saturated rings. The summed E-state index contributed by atoms with van der Waals surface area (Å²) in [6.45, 7) is 2.24. The van der Waals surface area contributed by atoms with E-state index < -0.39 is 5.91 Å². The summed E-state index contributed by atoms with van der Waals surface area (Å²) < 4.78 is 0. The van der Waals surface area contributed by atoms with Crippen molar-refractivity contribution in [2.75, 3.05) is 5.32 Å². The quantitative estimate of drug-likeness (QED) is 0.210. The largest absolute Gasteiger partial charge is 0.322 e. The molecule has 34 heavy (non-hydrogen) atoms. The predicted molar refractivity (Wildman–Crippen MR) is 138 cm³/mol. The molecular weight excluding hydrogens is 426 g/mol. The fourth-order valence-corrected chi connectivity index (χ4v) is 3.71. The minimum Gasteiger partial charge on any atom is -0.322 e. The average Bonchev–Trinajstić information content (AvgIpc) is 2.86. The smallest absolute Gasteiger partial charge is 0.269 e. The monoisotopic (exact) mass is 465 g/mol. The molecule has 2 rings (SSSR count). The minimum atomic E-state index is -0.395. The Morgan fingerprint density at radius 2 is 1.12 bits per heavy atom. The molecule has 184 valence electrons. The number of anilines is 1. The van der Waals surface area contributed by atoms with E-state index in [1.165, 1.54) is 51.4 Å². The lowest BCUT2D eigenvalue weighted by Crippen LogP contribution is -2.41. The van der Waals surface area contributed by atoms with Crippen LogP contribution in [-0.4, -0.2) is 17.7 Å². The molecule has 0 bridgehead atoms. The highest BCUT2D eigenvalue weighted by molar-refractivity contribution is 6.04. The van der Waals surface area contributed by atoms with Gasteiger partial charge in [0.1, 0.15) is 0 Å². The maximum absolute atomic E-state index is 12.3. The molecule has 2 aromatic rings. The summed E-state index contributed by atoms with van der Waals surface area (Å²) in [7, 11) is 0. The fraction of sp³-hybridized carbons (Fsp3) is 0.464. The van der Waals surface area contributed by atoms with Crippen molar-refractivity contribution in [1.29, 1.82) is 0 Å². The van der Waals surface area contributed by atoms with Crippen molar-refractivity contribution in [3.05, 3.63) is 65.7 Å². The lowest BCUT2D eigenvalue weighted by molar-refractivity contribution is -0.122. The molecule has 6 nitrogen and oxygen atoms in total. The van der Waals surface area contributed by atoms with Gasteiger partial charge in [0.15, 0.2) is 0 Å². The molecule has 0 saturated heterocycles. The van der Waals surface area contributed by atoms with Gasteiger partial charge >= 0.3 is 0 Å². The van der Waals surface area contributed by atoms with Gasteiger partial charge in [-0.1, -0.05) is 89.3 Å². The molecular formula is C28H39N3O3. The summed E-state index contributed by atoms with van der Waals surface area (Å²) in [6.07, 6.45) is 13.9. The van der Waals surface area contributed by atoms with Crippen LogP contribution in [0.5, 0.6) is 0 Å². The Bertz CT molecular complexity index is 866. The Hall–Kier alpha value is -3.15. The number of hydrogen-bond acceptors (Lipinski definition) is 3. The maximum Gasteiger partial charge on any atom is 0.269 e. The molecule has 3 N–H and O–H groups in total. The highest BCUT2D eigenvalue weighted by Gasteiger charge is 2.09. The van der Waals surface area contributed by atoms with Gasteiger partial charge in [0, 0.05) is 23.2 Å². The summed E-state index contributed by atoms with van der Waals surface area (Å²) in [5.74, 6) is -0.795. The SMILES string of the molecule is CCCCCCCCCCCCCC(=O)NNC(=O)c1ccc(NC(=O)c2ccccc2)cc1. The highest BCUT2D eigenvalue weighted by Crippen LogP contribution is 2.13. The van der Waals surface area contributed by atoms with E-state index >= 15 is 0 Å². The number of hydrazine groups is 1. The molecule has 0 atom stereocenters. The van der Waals surface area contributed by atoms with Crippen molar-refractivity contribution in [2.45, 2.75) is 84.0 Å². The Kier molecular flexibility index (Phi) is 13.1. The molecule has 6 heteroatoms. The molecule has 0 aromatic heterocycles. The molecule has 2 aromatic carbocycles. The van der Waals surface area contributed by atoms with E-state index in [0.29, 0.717) is 23.2 Å². The topological polar surface area (TPSA) is 87.3 Å². The molecule has 0 spiro atoms. The molecule has 0 aliphatic carbocycles. The number of carbonyl (C=O) groups excluding carboxylic acids is 3. The number of unbranched alkanes of at least 4 members (excludes halogenated alkanes) is 10. The third-order valence-electron chi connectivity index (χ3n) is 5.76. The van der Waals surface area contributed by atoms with Crippen molar-refractivity contribution in [2.24, 2.45) is 0 Å². The summed E-state index contributed by atoms with van der Waals surface area (Å²) in [4.78, 5) is 36.4. The van der Waals surface area contributed by atoms with Crippen molar-refractivity contribution >= 4 is 23.4 Å². The Morgan fingerprint density at radius 1 is 0.588 bits per heavy atom. The first-order chi connectivity index (χ1) is 16.6. The second kappa shape index (κ2) is 16.5. The number of hydrogen-bond donors (Lipinski definition) is 3. The highest BCUT2D eigenvalue weighted by atomic mass is 16.2. The van der Waals surface area contributed by atoms with Crippen molar-refractivity contribution in [3.8, 4) is 0 Å². The van der Waals surface area contributed by atoms with Crippen LogP contribution in [0.4, 0.5) is 5.69 Å². The molecule has 3 amide bonds. The standard InChI is InChI=1S/C28H39N3O3/c1-2-3-4-5-6-7-8-9-10-11-15-18-26(32)30-31-28(34)24-19-21-25(22-20-24)29-27(33)23-16-13-12-14-17-23/h12-14,16-17,19-22H,2-11,15,18H2,1H3,(H,29,33)(H,30,32)(H,31,34). The molecule has 0 saturated carbocycles. The second-order valence-electron chi connectivity index (χ2n) is 8.69. The first-order valence-corrected chi connectivity index (χ1v) is 12.7. The second-order valence-corrected chi connectivity index (χ2v) is 8.69. The van der Waals surface area contributed by atoms with Crippen molar-refractivity contribution in [3.63, 3.8) is 0 Å². The van der Waals surface area contributed by atoms with E-state index in [2.05, 4.69) is 23.1 Å². The van der Waals surface area contributed by atoms with E-state index in [-0.39, 0.29) is 11.8 Å². The fourth-order valence-electron chi connectivity index (χ4n) is 3.71. The van der Waals surface area contributed by atoms with Crippen LogP contribution in [0.1, 0.15) is 105 Å². The third kappa shape index (κ3) is 11.1. The number of rotatable bonds is 15. The number of amides is 3. The normalized spacial score (nSPS) is 10.5. The van der Waals surface area contributed by atoms with Crippen LogP contribution >= 0.6 is 0 Å². The van der Waals surface area contributed by atoms with Gasteiger partial charge < -0.3 is 5.32 Å². The Balaban J connectivity index is 1.55. The van der Waals surface area contributed by atoms with E-state index in [1.807, 2.05) is 6.07 Å². The van der Waals surface area contributed by atoms with Crippen LogP contribution in [0.2, 0.25) is 0 Å². The van der Waals surface area contributed by atoms with E-state index in [1.54, 1.807) is 48.5 Å². The molecule has 0 heterocycles. The van der Waals surface area contributed by atoms with Gasteiger partial charge in [0.2, 0.25) is 5.91 Å². The van der Waals surface area contributed by atoms with Gasteiger partial charge in [0.05, 0.1) is 0 Å². The molecule has 0 radical (unpaired) electrons. The van der Waals surface area contributed by atoms with Crippen molar-refractivity contribution < 1.29 is 14.4 Å². The zero-order valence-corrected chi connectivity index (χ0v) is 20.4. The lowest BCUT2D eigenvalue weighted by Gasteiger charge is -2.09. The van der Waals surface area contributed by atoms with Gasteiger partial charge in [-0.05, 0) is 42.8 Å². The van der Waals surface area contributed by atoms with E-state index in [9.17, 15) is 14.4 Å². The van der Waals surface area contributed by atoms with Gasteiger partial charge in [0.25, 0.3) is 11.8 Å². The van der Waals surface area contributed by atoms with Gasteiger partial charge in [-0.2, -0.15) is 0 Å². The van der Waals surface area contributed by atoms with Crippen LogP contribution < -0.4 is 16.2 Å². The predicted octanol–water partition coefficient (Wildman–Crippen LogP) is 6.40. The number of nitrogens with one attached hydrogen (secondary N) is 3. The Labute approximate surface area is 203 Å². The first-order valence-electron chi connectivity index (χ1n) is 12.7. The van der Waals surface area contributed by atoms with E-state index in [4.69, 9.17) is 0 Å².